The highest BCUT2D eigenvalue weighted by Crippen LogP contribution is 2.18. The molecule has 4 nitrogen and oxygen atoms in total. The molecule has 19 heavy (non-hydrogen) atoms. The number of benzene rings is 1. The fourth-order valence-corrected chi connectivity index (χ4v) is 2.40. The molecule has 1 amide bonds. The quantitative estimate of drug-likeness (QED) is 0.885. The lowest BCUT2D eigenvalue weighted by Gasteiger charge is -2.22. The van der Waals surface area contributed by atoms with Gasteiger partial charge in [-0.2, -0.15) is 0 Å². The standard InChI is InChI=1S/C15H22N2O2/c1-3-16-14-9-5-4-8-13(14)15(18)17(2)11-12-7-6-10-19-12/h4-5,8-9,12,16H,3,6-7,10-11H2,1-2H3. The van der Waals surface area contributed by atoms with E-state index in [-0.39, 0.29) is 12.0 Å². The van der Waals surface area contributed by atoms with Gasteiger partial charge in [0, 0.05) is 32.4 Å². The average Bonchev–Trinajstić information content (AvgIpc) is 2.92. The van der Waals surface area contributed by atoms with E-state index in [1.807, 2.05) is 38.2 Å². The van der Waals surface area contributed by atoms with Gasteiger partial charge in [-0.25, -0.2) is 0 Å². The molecule has 1 saturated heterocycles. The second-order valence-corrected chi connectivity index (χ2v) is 4.90. The van der Waals surface area contributed by atoms with Crippen LogP contribution in [0.2, 0.25) is 0 Å². The topological polar surface area (TPSA) is 41.6 Å². The number of anilines is 1. The molecule has 0 aromatic heterocycles. The monoisotopic (exact) mass is 262 g/mol. The molecular formula is C15H22N2O2. The van der Waals surface area contributed by atoms with Crippen molar-refractivity contribution in [2.24, 2.45) is 0 Å². The molecule has 0 spiro atoms. The van der Waals surface area contributed by atoms with Crippen LogP contribution in [0.25, 0.3) is 0 Å². The first kappa shape index (κ1) is 13.9. The Hall–Kier alpha value is -1.55. The van der Waals surface area contributed by atoms with Crippen molar-refractivity contribution in [2.75, 3.05) is 32.1 Å². The van der Waals surface area contributed by atoms with Gasteiger partial charge in [0.2, 0.25) is 0 Å². The van der Waals surface area contributed by atoms with Crippen LogP contribution in [0.1, 0.15) is 30.1 Å². The van der Waals surface area contributed by atoms with Gasteiger partial charge in [-0.1, -0.05) is 12.1 Å². The lowest BCUT2D eigenvalue weighted by molar-refractivity contribution is 0.0588. The summed E-state index contributed by atoms with van der Waals surface area (Å²) in [5, 5.41) is 3.23. The first-order chi connectivity index (χ1) is 9.22. The fourth-order valence-electron chi connectivity index (χ4n) is 2.40. The number of hydrogen-bond acceptors (Lipinski definition) is 3. The normalized spacial score (nSPS) is 18.3. The molecule has 1 aromatic carbocycles. The third kappa shape index (κ3) is 3.47. The summed E-state index contributed by atoms with van der Waals surface area (Å²) in [6, 6.07) is 7.64. The average molecular weight is 262 g/mol. The largest absolute Gasteiger partial charge is 0.385 e. The number of amides is 1. The highest BCUT2D eigenvalue weighted by molar-refractivity contribution is 5.99. The second kappa shape index (κ2) is 6.57. The third-order valence-corrected chi connectivity index (χ3v) is 3.37. The minimum absolute atomic E-state index is 0.0482. The van der Waals surface area contributed by atoms with E-state index in [1.165, 1.54) is 0 Å². The zero-order valence-electron chi connectivity index (χ0n) is 11.7. The van der Waals surface area contributed by atoms with E-state index in [4.69, 9.17) is 4.74 Å². The van der Waals surface area contributed by atoms with Crippen LogP contribution in [0.3, 0.4) is 0 Å². The summed E-state index contributed by atoms with van der Waals surface area (Å²) < 4.78 is 5.58. The molecule has 0 saturated carbocycles. The van der Waals surface area contributed by atoms with Crippen molar-refractivity contribution in [3.8, 4) is 0 Å². The Morgan fingerprint density at radius 1 is 1.47 bits per heavy atom. The van der Waals surface area contributed by atoms with Gasteiger partial charge in [0.05, 0.1) is 11.7 Å². The van der Waals surface area contributed by atoms with Crippen LogP contribution in [0, 0.1) is 0 Å². The maximum absolute atomic E-state index is 12.5. The van der Waals surface area contributed by atoms with Crippen molar-refractivity contribution < 1.29 is 9.53 Å². The van der Waals surface area contributed by atoms with Crippen molar-refractivity contribution in [1.29, 1.82) is 0 Å². The number of para-hydroxylation sites is 1. The van der Waals surface area contributed by atoms with E-state index in [0.717, 1.165) is 37.2 Å². The summed E-state index contributed by atoms with van der Waals surface area (Å²) in [5.41, 5.74) is 1.62. The lowest BCUT2D eigenvalue weighted by atomic mass is 10.1. The van der Waals surface area contributed by atoms with Gasteiger partial charge >= 0.3 is 0 Å². The first-order valence-corrected chi connectivity index (χ1v) is 6.92. The van der Waals surface area contributed by atoms with E-state index < -0.39 is 0 Å². The molecule has 0 aliphatic carbocycles. The van der Waals surface area contributed by atoms with Crippen LogP contribution in [-0.4, -0.2) is 43.7 Å². The number of hydrogen-bond donors (Lipinski definition) is 1. The summed E-state index contributed by atoms with van der Waals surface area (Å²) in [6.07, 6.45) is 2.34. The van der Waals surface area contributed by atoms with Gasteiger partial charge in [0.15, 0.2) is 0 Å². The molecule has 1 N–H and O–H groups in total. The molecule has 4 heteroatoms. The minimum Gasteiger partial charge on any atom is -0.385 e. The summed E-state index contributed by atoms with van der Waals surface area (Å²) in [7, 11) is 1.84. The Morgan fingerprint density at radius 3 is 2.95 bits per heavy atom. The number of ether oxygens (including phenoxy) is 1. The molecule has 1 fully saturated rings. The summed E-state index contributed by atoms with van der Waals surface area (Å²) in [4.78, 5) is 14.2. The number of carbonyl (C=O) groups is 1. The minimum atomic E-state index is 0.0482. The van der Waals surface area contributed by atoms with Gasteiger partial charge in [0.1, 0.15) is 0 Å². The van der Waals surface area contributed by atoms with E-state index in [2.05, 4.69) is 5.32 Å². The molecule has 0 radical (unpaired) electrons. The van der Waals surface area contributed by atoms with E-state index in [0.29, 0.717) is 6.54 Å². The smallest absolute Gasteiger partial charge is 0.255 e. The van der Waals surface area contributed by atoms with Crippen LogP contribution < -0.4 is 5.32 Å². The first-order valence-electron chi connectivity index (χ1n) is 6.92. The SMILES string of the molecule is CCNc1ccccc1C(=O)N(C)CC1CCCO1. The second-order valence-electron chi connectivity index (χ2n) is 4.90. The number of rotatable bonds is 5. The molecule has 2 rings (SSSR count). The molecule has 1 aliphatic heterocycles. The van der Waals surface area contributed by atoms with Crippen molar-refractivity contribution in [3.63, 3.8) is 0 Å². The number of likely N-dealkylation sites (N-methyl/N-ethyl adjacent to an activating group) is 1. The summed E-state index contributed by atoms with van der Waals surface area (Å²) in [5.74, 6) is 0.0482. The maximum Gasteiger partial charge on any atom is 0.255 e. The van der Waals surface area contributed by atoms with Crippen LogP contribution in [0.4, 0.5) is 5.69 Å². The molecule has 1 atom stereocenters. The Morgan fingerprint density at radius 2 is 2.26 bits per heavy atom. The lowest BCUT2D eigenvalue weighted by Crippen LogP contribution is -2.34. The highest BCUT2D eigenvalue weighted by Gasteiger charge is 2.21. The summed E-state index contributed by atoms with van der Waals surface area (Å²) in [6.45, 7) is 4.32. The van der Waals surface area contributed by atoms with Crippen LogP contribution in [0.15, 0.2) is 24.3 Å². The number of carbonyl (C=O) groups excluding carboxylic acids is 1. The molecule has 104 valence electrons. The van der Waals surface area contributed by atoms with Crippen LogP contribution in [-0.2, 0) is 4.74 Å². The Kier molecular flexibility index (Phi) is 4.80. The molecule has 1 unspecified atom stereocenters. The molecule has 0 bridgehead atoms. The zero-order valence-corrected chi connectivity index (χ0v) is 11.7. The van der Waals surface area contributed by atoms with Crippen LogP contribution >= 0.6 is 0 Å². The van der Waals surface area contributed by atoms with E-state index >= 15 is 0 Å². The van der Waals surface area contributed by atoms with Gasteiger partial charge < -0.3 is 15.0 Å². The van der Waals surface area contributed by atoms with Gasteiger partial charge in [0.25, 0.3) is 5.91 Å². The predicted molar refractivity (Wildman–Crippen MR) is 76.5 cm³/mol. The fraction of sp³-hybridized carbons (Fsp3) is 0.533. The summed E-state index contributed by atoms with van der Waals surface area (Å²) >= 11 is 0. The Balaban J connectivity index is 2.05. The maximum atomic E-state index is 12.5. The van der Waals surface area contributed by atoms with Crippen molar-refractivity contribution in [3.05, 3.63) is 29.8 Å². The molecule has 1 aromatic rings. The van der Waals surface area contributed by atoms with Crippen molar-refractivity contribution >= 4 is 11.6 Å². The van der Waals surface area contributed by atoms with Gasteiger partial charge in [-0.3, -0.25) is 4.79 Å². The Bertz CT molecular complexity index is 428. The van der Waals surface area contributed by atoms with Crippen LogP contribution in [0.5, 0.6) is 0 Å². The predicted octanol–water partition coefficient (Wildman–Crippen LogP) is 2.37. The zero-order chi connectivity index (χ0) is 13.7. The van der Waals surface area contributed by atoms with E-state index in [9.17, 15) is 4.79 Å². The Labute approximate surface area is 114 Å². The van der Waals surface area contributed by atoms with Gasteiger partial charge in [-0.15, -0.1) is 0 Å². The van der Waals surface area contributed by atoms with Crippen molar-refractivity contribution in [2.45, 2.75) is 25.9 Å². The van der Waals surface area contributed by atoms with Crippen molar-refractivity contribution in [1.82, 2.24) is 4.90 Å². The molecule has 1 aliphatic rings. The highest BCUT2D eigenvalue weighted by atomic mass is 16.5. The van der Waals surface area contributed by atoms with Gasteiger partial charge in [-0.05, 0) is 31.9 Å². The molecular weight excluding hydrogens is 240 g/mol. The number of nitrogens with zero attached hydrogens (tertiary/aromatic N) is 1. The third-order valence-electron chi connectivity index (χ3n) is 3.37. The molecule has 1 heterocycles. The van der Waals surface area contributed by atoms with E-state index in [1.54, 1.807) is 4.90 Å². The number of nitrogens with one attached hydrogen (secondary N) is 1.